The summed E-state index contributed by atoms with van der Waals surface area (Å²) in [6.07, 6.45) is 2.18. The van der Waals surface area contributed by atoms with Crippen LogP contribution in [0.5, 0.6) is 5.75 Å². The van der Waals surface area contributed by atoms with E-state index < -0.39 is 19.1 Å². The fraction of sp³-hybridized carbons (Fsp3) is 0.484. The van der Waals surface area contributed by atoms with Gasteiger partial charge in [0.2, 0.25) is 11.8 Å². The molecule has 3 saturated heterocycles. The number of phenolic OH excluding ortho intramolecular Hbond substituents is 1. The molecule has 0 radical (unpaired) electrons. The van der Waals surface area contributed by atoms with Crippen LogP contribution in [0.25, 0.3) is 0 Å². The summed E-state index contributed by atoms with van der Waals surface area (Å²) in [5.74, 6) is -0.889. The molecule has 7 nitrogen and oxygen atoms in total. The maximum atomic E-state index is 14.1. The van der Waals surface area contributed by atoms with Crippen molar-refractivity contribution in [3.05, 3.63) is 76.8 Å². The van der Waals surface area contributed by atoms with Crippen LogP contribution < -0.4 is 0 Å². The monoisotopic (exact) mass is 528 g/mol. The number of phenols is 1. The minimum atomic E-state index is -1.11. The highest BCUT2D eigenvalue weighted by atomic mass is 16.5. The Balaban J connectivity index is 1.23. The van der Waals surface area contributed by atoms with Crippen molar-refractivity contribution < 1.29 is 24.4 Å². The average Bonchev–Trinajstić information content (AvgIpc) is 3.19. The van der Waals surface area contributed by atoms with Crippen molar-refractivity contribution in [1.82, 2.24) is 9.80 Å². The Morgan fingerprint density at radius 2 is 1.67 bits per heavy atom. The van der Waals surface area contributed by atoms with Crippen molar-refractivity contribution in [2.24, 2.45) is 23.7 Å². The highest BCUT2D eigenvalue weighted by Gasteiger charge is 2.59. The predicted octanol–water partition coefficient (Wildman–Crippen LogP) is 4.11. The number of carbonyl (C=O) groups is 2. The molecule has 3 heterocycles. The SMILES string of the molecule is CC(C)C1=C2B(O)O[C@H](c3ccc(O)cc3)C[C@H]2[C@H]2C(=O)N(C3CCN(Cc4ccccc4)CC3)C(=O)[C@H]2C1. The predicted molar refractivity (Wildman–Crippen MR) is 148 cm³/mol. The van der Waals surface area contributed by atoms with E-state index in [2.05, 4.69) is 43.0 Å². The molecule has 8 heteroatoms. The van der Waals surface area contributed by atoms with Gasteiger partial charge in [-0.2, -0.15) is 0 Å². The molecule has 4 atom stereocenters. The summed E-state index contributed by atoms with van der Waals surface area (Å²) < 4.78 is 6.08. The maximum absolute atomic E-state index is 14.1. The Bertz CT molecular complexity index is 1260. The molecule has 2 aromatic carbocycles. The number of likely N-dealkylation sites (tertiary alicyclic amines) is 2. The van der Waals surface area contributed by atoms with Crippen molar-refractivity contribution in [3.8, 4) is 5.75 Å². The minimum absolute atomic E-state index is 0.0362. The molecule has 2 aromatic rings. The van der Waals surface area contributed by atoms with Crippen LogP contribution in [0.2, 0.25) is 0 Å². The molecule has 39 heavy (non-hydrogen) atoms. The molecule has 3 fully saturated rings. The number of aromatic hydroxyl groups is 1. The number of benzene rings is 2. The van der Waals surface area contributed by atoms with Crippen LogP contribution in [0.4, 0.5) is 0 Å². The van der Waals surface area contributed by atoms with Crippen LogP contribution in [0, 0.1) is 23.7 Å². The van der Waals surface area contributed by atoms with Crippen molar-refractivity contribution >= 4 is 18.9 Å². The quantitative estimate of drug-likeness (QED) is 0.449. The van der Waals surface area contributed by atoms with E-state index in [1.165, 1.54) is 5.56 Å². The van der Waals surface area contributed by atoms with Crippen molar-refractivity contribution in [2.75, 3.05) is 13.1 Å². The topological polar surface area (TPSA) is 90.3 Å². The highest BCUT2D eigenvalue weighted by Crippen LogP contribution is 2.53. The number of nitrogens with zero attached hydrogens (tertiary/aromatic N) is 2. The molecule has 0 unspecified atom stereocenters. The molecular formula is C31H37BN2O5. The fourth-order valence-corrected chi connectivity index (χ4v) is 7.37. The smallest absolute Gasteiger partial charge is 0.487 e. The lowest BCUT2D eigenvalue weighted by Gasteiger charge is -2.43. The van der Waals surface area contributed by atoms with E-state index in [0.717, 1.165) is 49.1 Å². The molecule has 2 amide bonds. The summed E-state index contributed by atoms with van der Waals surface area (Å²) in [5, 5.41) is 20.9. The van der Waals surface area contributed by atoms with Gasteiger partial charge in [-0.3, -0.25) is 19.4 Å². The van der Waals surface area contributed by atoms with Gasteiger partial charge in [0, 0.05) is 25.7 Å². The number of amides is 2. The first-order valence-corrected chi connectivity index (χ1v) is 14.3. The second-order valence-electron chi connectivity index (χ2n) is 11.9. The Labute approximate surface area is 230 Å². The van der Waals surface area contributed by atoms with E-state index in [-0.39, 0.29) is 41.4 Å². The zero-order chi connectivity index (χ0) is 27.3. The van der Waals surface area contributed by atoms with E-state index in [4.69, 9.17) is 4.65 Å². The van der Waals surface area contributed by atoms with Gasteiger partial charge in [0.05, 0.1) is 17.9 Å². The van der Waals surface area contributed by atoms with E-state index in [1.54, 1.807) is 29.2 Å². The van der Waals surface area contributed by atoms with Crippen molar-refractivity contribution in [2.45, 2.75) is 58.2 Å². The lowest BCUT2D eigenvalue weighted by molar-refractivity contribution is -0.144. The molecule has 6 rings (SSSR count). The van der Waals surface area contributed by atoms with Gasteiger partial charge in [0.1, 0.15) is 5.75 Å². The van der Waals surface area contributed by atoms with Crippen molar-refractivity contribution in [1.29, 1.82) is 0 Å². The molecular weight excluding hydrogens is 491 g/mol. The summed E-state index contributed by atoms with van der Waals surface area (Å²) >= 11 is 0. The Kier molecular flexibility index (Phi) is 7.12. The summed E-state index contributed by atoms with van der Waals surface area (Å²) in [4.78, 5) is 31.9. The first kappa shape index (κ1) is 26.3. The number of fused-ring (bicyclic) bond motifs is 3. The lowest BCUT2D eigenvalue weighted by atomic mass is 9.54. The lowest BCUT2D eigenvalue weighted by Crippen LogP contribution is -2.48. The van der Waals surface area contributed by atoms with Gasteiger partial charge < -0.3 is 14.8 Å². The standard InChI is InChI=1S/C31H37BN2O5/c1-19(2)24-16-26-28(25-17-27(39-32(38)29(24)25)21-8-10-23(35)11-9-21)31(37)34(30(26)36)22-12-14-33(15-13-22)18-20-6-4-3-5-7-20/h3-11,19,22,25-28,35,38H,12-18H2,1-2H3/t25-,26-,27-,28+/m0/s1. The van der Waals surface area contributed by atoms with Gasteiger partial charge >= 0.3 is 7.12 Å². The molecule has 0 bridgehead atoms. The van der Waals surface area contributed by atoms with Crippen LogP contribution >= 0.6 is 0 Å². The number of hydrogen-bond acceptors (Lipinski definition) is 6. The van der Waals surface area contributed by atoms with Gasteiger partial charge in [-0.25, -0.2) is 0 Å². The average molecular weight is 528 g/mol. The fourth-order valence-electron chi connectivity index (χ4n) is 7.37. The van der Waals surface area contributed by atoms with Crippen LogP contribution in [0.3, 0.4) is 0 Å². The number of imide groups is 1. The molecule has 1 aliphatic carbocycles. The molecule has 2 N–H and O–H groups in total. The number of allylic oxidation sites excluding steroid dienone is 2. The molecule has 3 aliphatic heterocycles. The van der Waals surface area contributed by atoms with Gasteiger partial charge in [0.25, 0.3) is 0 Å². The third kappa shape index (κ3) is 4.83. The van der Waals surface area contributed by atoms with Crippen LogP contribution in [-0.4, -0.2) is 58.0 Å². The van der Waals surface area contributed by atoms with Gasteiger partial charge in [-0.1, -0.05) is 61.9 Å². The Morgan fingerprint density at radius 3 is 2.33 bits per heavy atom. The summed E-state index contributed by atoms with van der Waals surface area (Å²) in [7, 11) is -1.11. The molecule has 204 valence electrons. The Hall–Kier alpha value is -2.94. The van der Waals surface area contributed by atoms with Gasteiger partial charge in [-0.15, -0.1) is 0 Å². The van der Waals surface area contributed by atoms with Crippen LogP contribution in [-0.2, 0) is 20.8 Å². The minimum Gasteiger partial charge on any atom is -0.508 e. The highest BCUT2D eigenvalue weighted by molar-refractivity contribution is 6.53. The number of piperidine rings is 1. The van der Waals surface area contributed by atoms with E-state index in [0.29, 0.717) is 12.8 Å². The van der Waals surface area contributed by atoms with Crippen molar-refractivity contribution in [3.63, 3.8) is 0 Å². The first-order chi connectivity index (χ1) is 18.8. The van der Waals surface area contributed by atoms with Gasteiger partial charge in [-0.05, 0) is 66.3 Å². The summed E-state index contributed by atoms with van der Waals surface area (Å²) in [5.41, 5.74) is 3.98. The normalized spacial score (nSPS) is 28.3. The van der Waals surface area contributed by atoms with Crippen LogP contribution in [0.15, 0.2) is 65.6 Å². The van der Waals surface area contributed by atoms with E-state index >= 15 is 0 Å². The zero-order valence-electron chi connectivity index (χ0n) is 22.7. The largest absolute Gasteiger partial charge is 0.508 e. The maximum Gasteiger partial charge on any atom is 0.487 e. The second kappa shape index (κ2) is 10.6. The first-order valence-electron chi connectivity index (χ1n) is 14.3. The summed E-state index contributed by atoms with van der Waals surface area (Å²) in [6.45, 7) is 6.75. The third-order valence-corrected chi connectivity index (χ3v) is 9.31. The number of rotatable bonds is 5. The molecule has 0 saturated carbocycles. The number of hydrogen-bond donors (Lipinski definition) is 2. The molecule has 4 aliphatic rings. The number of carbonyl (C=O) groups excluding carboxylic acids is 2. The Morgan fingerprint density at radius 1 is 0.974 bits per heavy atom. The van der Waals surface area contributed by atoms with E-state index in [9.17, 15) is 19.7 Å². The zero-order valence-corrected chi connectivity index (χ0v) is 22.7. The second-order valence-corrected chi connectivity index (χ2v) is 11.9. The van der Waals surface area contributed by atoms with Gasteiger partial charge in [0.15, 0.2) is 0 Å². The molecule has 0 aromatic heterocycles. The third-order valence-electron chi connectivity index (χ3n) is 9.31. The molecule has 0 spiro atoms. The van der Waals surface area contributed by atoms with Crippen LogP contribution in [0.1, 0.15) is 56.8 Å². The summed E-state index contributed by atoms with van der Waals surface area (Å²) in [6, 6.07) is 17.1. The van der Waals surface area contributed by atoms with E-state index in [1.807, 2.05) is 6.07 Å².